The van der Waals surface area contributed by atoms with Crippen molar-refractivity contribution < 1.29 is 9.53 Å². The van der Waals surface area contributed by atoms with Crippen LogP contribution in [-0.4, -0.2) is 18.1 Å². The van der Waals surface area contributed by atoms with Crippen LogP contribution in [0.15, 0.2) is 0 Å². The Morgan fingerprint density at radius 1 is 1.24 bits per heavy atom. The lowest BCUT2D eigenvalue weighted by Gasteiger charge is -2.21. The predicted octanol–water partition coefficient (Wildman–Crippen LogP) is 3.02. The molecule has 0 aromatic carbocycles. The zero-order chi connectivity index (χ0) is 12.7. The van der Waals surface area contributed by atoms with Crippen molar-refractivity contribution >= 4 is 5.97 Å². The molecule has 1 atom stereocenters. The predicted molar refractivity (Wildman–Crippen MR) is 69.7 cm³/mol. The molecule has 3 nitrogen and oxygen atoms in total. The topological polar surface area (TPSA) is 52.3 Å². The molecule has 1 saturated carbocycles. The molecule has 0 radical (unpaired) electrons. The maximum Gasteiger partial charge on any atom is 0.326 e. The van der Waals surface area contributed by atoms with Gasteiger partial charge in [-0.05, 0) is 32.1 Å². The van der Waals surface area contributed by atoms with Crippen LogP contribution in [0.4, 0.5) is 0 Å². The lowest BCUT2D eigenvalue weighted by molar-refractivity contribution is -0.150. The quantitative estimate of drug-likeness (QED) is 0.498. The van der Waals surface area contributed by atoms with Gasteiger partial charge in [-0.3, -0.25) is 4.79 Å². The Labute approximate surface area is 105 Å². The summed E-state index contributed by atoms with van der Waals surface area (Å²) in [4.78, 5) is 11.7. The third-order valence-electron chi connectivity index (χ3n) is 3.60. The van der Waals surface area contributed by atoms with Gasteiger partial charge in [-0.25, -0.2) is 0 Å². The minimum atomic E-state index is -0.748. The van der Waals surface area contributed by atoms with Crippen molar-refractivity contribution in [3.8, 4) is 0 Å². The molecule has 0 aromatic heterocycles. The summed E-state index contributed by atoms with van der Waals surface area (Å²) < 4.78 is 5.25. The fourth-order valence-corrected chi connectivity index (χ4v) is 2.05. The van der Waals surface area contributed by atoms with E-state index in [2.05, 4.69) is 6.92 Å². The van der Waals surface area contributed by atoms with Crippen LogP contribution in [0.5, 0.6) is 0 Å². The highest BCUT2D eigenvalue weighted by Gasteiger charge is 2.45. The molecule has 2 N–H and O–H groups in total. The maximum absolute atomic E-state index is 11.7. The second-order valence-corrected chi connectivity index (χ2v) is 5.46. The molecule has 1 aliphatic rings. The molecule has 0 heterocycles. The van der Waals surface area contributed by atoms with Gasteiger partial charge in [-0.2, -0.15) is 0 Å². The number of carbonyl (C=O) groups excluding carboxylic acids is 1. The normalized spacial score (nSPS) is 18.8. The van der Waals surface area contributed by atoms with E-state index in [-0.39, 0.29) is 5.97 Å². The van der Waals surface area contributed by atoms with E-state index in [9.17, 15) is 4.79 Å². The highest BCUT2D eigenvalue weighted by atomic mass is 16.5. The van der Waals surface area contributed by atoms with Gasteiger partial charge in [-0.1, -0.05) is 39.0 Å². The minimum absolute atomic E-state index is 0.214. The molecular weight excluding hydrogens is 214 g/mol. The number of hydrogen-bond acceptors (Lipinski definition) is 3. The molecule has 0 aromatic rings. The number of carbonyl (C=O) groups is 1. The Morgan fingerprint density at radius 3 is 2.41 bits per heavy atom. The summed E-state index contributed by atoms with van der Waals surface area (Å²) in [6, 6.07) is 0. The highest BCUT2D eigenvalue weighted by Crippen LogP contribution is 2.38. The van der Waals surface area contributed by atoms with E-state index in [0.717, 1.165) is 25.7 Å². The number of unbranched alkanes of at least 4 members (excludes halogenated alkanes) is 5. The zero-order valence-corrected chi connectivity index (χ0v) is 11.3. The summed E-state index contributed by atoms with van der Waals surface area (Å²) in [5.74, 6) is 0.133. The van der Waals surface area contributed by atoms with Crippen LogP contribution in [0, 0.1) is 5.92 Å². The summed E-state index contributed by atoms with van der Waals surface area (Å²) in [7, 11) is 0. The Balaban J connectivity index is 2.00. The Hall–Kier alpha value is -0.570. The summed E-state index contributed by atoms with van der Waals surface area (Å²) >= 11 is 0. The molecule has 3 heteroatoms. The molecule has 1 aliphatic carbocycles. The van der Waals surface area contributed by atoms with E-state index >= 15 is 0 Å². The molecule has 0 aliphatic heterocycles. The van der Waals surface area contributed by atoms with E-state index in [1.165, 1.54) is 25.7 Å². The Kier molecular flexibility index (Phi) is 5.96. The van der Waals surface area contributed by atoms with Gasteiger partial charge in [0, 0.05) is 0 Å². The third kappa shape index (κ3) is 5.07. The molecule has 1 unspecified atom stereocenters. The minimum Gasteiger partial charge on any atom is -0.464 e. The smallest absolute Gasteiger partial charge is 0.326 e. The van der Waals surface area contributed by atoms with Crippen LogP contribution in [0.2, 0.25) is 0 Å². The van der Waals surface area contributed by atoms with Gasteiger partial charge in [-0.15, -0.1) is 0 Å². The Bertz CT molecular complexity index is 234. The van der Waals surface area contributed by atoms with Crippen molar-refractivity contribution in [3.05, 3.63) is 0 Å². The summed E-state index contributed by atoms with van der Waals surface area (Å²) in [6.07, 6.45) is 9.37. The average molecular weight is 241 g/mol. The number of ether oxygens (including phenoxy) is 1. The van der Waals surface area contributed by atoms with Crippen molar-refractivity contribution in [3.63, 3.8) is 0 Å². The van der Waals surface area contributed by atoms with Crippen molar-refractivity contribution in [1.82, 2.24) is 0 Å². The second-order valence-electron chi connectivity index (χ2n) is 5.46. The molecule has 17 heavy (non-hydrogen) atoms. The van der Waals surface area contributed by atoms with Crippen LogP contribution in [0.25, 0.3) is 0 Å². The van der Waals surface area contributed by atoms with Gasteiger partial charge in [0.15, 0.2) is 0 Å². The van der Waals surface area contributed by atoms with E-state index in [0.29, 0.717) is 12.5 Å². The summed E-state index contributed by atoms with van der Waals surface area (Å²) in [6.45, 7) is 4.54. The van der Waals surface area contributed by atoms with Gasteiger partial charge in [0.25, 0.3) is 0 Å². The fraction of sp³-hybridized carbons (Fsp3) is 0.929. The number of nitrogens with two attached hydrogens (primary N) is 1. The largest absolute Gasteiger partial charge is 0.464 e. The standard InChI is InChI=1S/C14H27NO2/c1-3-4-5-6-7-8-11-17-13(16)14(2,15)12-9-10-12/h12H,3-11,15H2,1-2H3. The first-order valence-electron chi connectivity index (χ1n) is 7.05. The van der Waals surface area contributed by atoms with Crippen molar-refractivity contribution in [2.45, 2.75) is 70.8 Å². The number of esters is 1. The molecule has 100 valence electrons. The molecule has 0 saturated heterocycles. The van der Waals surface area contributed by atoms with Gasteiger partial charge in [0.2, 0.25) is 0 Å². The zero-order valence-electron chi connectivity index (χ0n) is 11.3. The van der Waals surface area contributed by atoms with Gasteiger partial charge >= 0.3 is 5.97 Å². The first kappa shape index (κ1) is 14.5. The van der Waals surface area contributed by atoms with Gasteiger partial charge in [0.05, 0.1) is 6.61 Å². The van der Waals surface area contributed by atoms with E-state index in [1.54, 1.807) is 6.92 Å². The lowest BCUT2D eigenvalue weighted by Crippen LogP contribution is -2.48. The summed E-state index contributed by atoms with van der Waals surface area (Å²) in [5, 5.41) is 0. The van der Waals surface area contributed by atoms with Crippen molar-refractivity contribution in [2.75, 3.05) is 6.61 Å². The van der Waals surface area contributed by atoms with Crippen LogP contribution in [0.1, 0.15) is 65.2 Å². The van der Waals surface area contributed by atoms with Crippen LogP contribution < -0.4 is 5.73 Å². The molecule has 0 spiro atoms. The highest BCUT2D eigenvalue weighted by molar-refractivity contribution is 5.80. The van der Waals surface area contributed by atoms with Gasteiger partial charge < -0.3 is 10.5 Å². The SMILES string of the molecule is CCCCCCCCOC(=O)C(C)(N)C1CC1. The number of hydrogen-bond donors (Lipinski definition) is 1. The lowest BCUT2D eigenvalue weighted by atomic mass is 9.98. The van der Waals surface area contributed by atoms with Crippen molar-refractivity contribution in [2.24, 2.45) is 11.7 Å². The average Bonchev–Trinajstić information content (AvgIpc) is 3.11. The summed E-state index contributed by atoms with van der Waals surface area (Å²) in [5.41, 5.74) is 5.22. The van der Waals surface area contributed by atoms with E-state index in [4.69, 9.17) is 10.5 Å². The first-order valence-corrected chi connectivity index (χ1v) is 7.05. The molecule has 0 bridgehead atoms. The first-order chi connectivity index (χ1) is 8.09. The molecule has 1 rings (SSSR count). The monoisotopic (exact) mass is 241 g/mol. The van der Waals surface area contributed by atoms with E-state index in [1.807, 2.05) is 0 Å². The molecule has 1 fully saturated rings. The van der Waals surface area contributed by atoms with Crippen LogP contribution in [-0.2, 0) is 9.53 Å². The Morgan fingerprint density at radius 2 is 1.82 bits per heavy atom. The fourth-order valence-electron chi connectivity index (χ4n) is 2.05. The van der Waals surface area contributed by atoms with Gasteiger partial charge in [0.1, 0.15) is 5.54 Å². The third-order valence-corrected chi connectivity index (χ3v) is 3.60. The van der Waals surface area contributed by atoms with E-state index < -0.39 is 5.54 Å². The second kappa shape index (κ2) is 7.00. The molecular formula is C14H27NO2. The number of rotatable bonds is 9. The molecule has 0 amide bonds. The maximum atomic E-state index is 11.7. The van der Waals surface area contributed by atoms with Crippen molar-refractivity contribution in [1.29, 1.82) is 0 Å². The van der Waals surface area contributed by atoms with Crippen LogP contribution in [0.3, 0.4) is 0 Å². The van der Waals surface area contributed by atoms with Crippen LogP contribution >= 0.6 is 0 Å².